The molecule has 0 saturated carbocycles. The summed E-state index contributed by atoms with van der Waals surface area (Å²) in [6, 6.07) is 10.3. The van der Waals surface area contributed by atoms with E-state index in [1.165, 1.54) is 0 Å². The van der Waals surface area contributed by atoms with E-state index in [0.29, 0.717) is 17.9 Å². The van der Waals surface area contributed by atoms with Gasteiger partial charge in [0.25, 0.3) is 10.1 Å². The van der Waals surface area contributed by atoms with E-state index in [0.717, 1.165) is 14.7 Å². The minimum absolute atomic E-state index is 0.0753. The summed E-state index contributed by atoms with van der Waals surface area (Å²) in [4.78, 5) is 0.170. The summed E-state index contributed by atoms with van der Waals surface area (Å²) >= 11 is 2.19. The number of fused-ring (bicyclic) bond motifs is 1. The largest absolute Gasteiger partial charge is 0.454 e. The first-order valence-corrected chi connectivity index (χ1v) is 9.48. The molecule has 7 heteroatoms. The summed E-state index contributed by atoms with van der Waals surface area (Å²) in [5, 5.41) is 0. The van der Waals surface area contributed by atoms with Crippen LogP contribution in [0.15, 0.2) is 41.3 Å². The Bertz CT molecular complexity index is 815. The van der Waals surface area contributed by atoms with Crippen molar-refractivity contribution in [3.8, 4) is 11.5 Å². The summed E-state index contributed by atoms with van der Waals surface area (Å²) in [6.45, 7) is 2.19. The van der Waals surface area contributed by atoms with Gasteiger partial charge in [-0.15, -0.1) is 0 Å². The maximum absolute atomic E-state index is 12.1. The van der Waals surface area contributed by atoms with Crippen LogP contribution in [0.25, 0.3) is 0 Å². The molecule has 3 rings (SSSR count). The molecule has 0 aromatic heterocycles. The van der Waals surface area contributed by atoms with Gasteiger partial charge in [0.1, 0.15) is 0 Å². The minimum atomic E-state index is -3.73. The van der Waals surface area contributed by atoms with Crippen LogP contribution in [0.2, 0.25) is 0 Å². The average Bonchev–Trinajstić information content (AvgIpc) is 2.95. The first kappa shape index (κ1) is 16.5. The van der Waals surface area contributed by atoms with Gasteiger partial charge < -0.3 is 9.47 Å². The molecule has 122 valence electrons. The molecule has 2 aromatic rings. The molecule has 5 nitrogen and oxygen atoms in total. The molecule has 0 bridgehead atoms. The van der Waals surface area contributed by atoms with Crippen LogP contribution in [-0.4, -0.2) is 21.8 Å². The molecular weight excluding hydrogens is 431 g/mol. The number of benzene rings is 2. The molecule has 1 heterocycles. The quantitative estimate of drug-likeness (QED) is 0.521. The van der Waals surface area contributed by atoms with Crippen LogP contribution in [0.5, 0.6) is 11.5 Å². The highest BCUT2D eigenvalue weighted by Gasteiger charge is 2.18. The van der Waals surface area contributed by atoms with E-state index in [9.17, 15) is 8.42 Å². The monoisotopic (exact) mass is 446 g/mol. The van der Waals surface area contributed by atoms with E-state index in [-0.39, 0.29) is 18.3 Å². The summed E-state index contributed by atoms with van der Waals surface area (Å²) < 4.78 is 41.0. The number of hydrogen-bond donors (Lipinski definition) is 0. The van der Waals surface area contributed by atoms with Crippen molar-refractivity contribution in [3.05, 3.63) is 51.1 Å². The SMILES string of the molecule is Cc1ccc(S(=O)(=O)OCCc2cc3c(cc2I)OCO3)cc1. The van der Waals surface area contributed by atoms with Gasteiger partial charge in [-0.05, 0) is 65.8 Å². The summed E-state index contributed by atoms with van der Waals surface area (Å²) in [6.07, 6.45) is 0.472. The lowest BCUT2D eigenvalue weighted by molar-refractivity contribution is 0.174. The number of rotatable bonds is 5. The van der Waals surface area contributed by atoms with Crippen LogP contribution in [0, 0.1) is 10.5 Å². The molecule has 0 saturated heterocycles. The molecule has 0 atom stereocenters. The highest BCUT2D eigenvalue weighted by molar-refractivity contribution is 14.1. The third-order valence-electron chi connectivity index (χ3n) is 3.46. The molecule has 0 unspecified atom stereocenters. The predicted molar refractivity (Wildman–Crippen MR) is 93.3 cm³/mol. The number of aryl methyl sites for hydroxylation is 1. The van der Waals surface area contributed by atoms with E-state index in [4.69, 9.17) is 13.7 Å². The Labute approximate surface area is 148 Å². The predicted octanol–water partition coefficient (Wildman–Crippen LogP) is 3.28. The molecule has 0 aliphatic carbocycles. The van der Waals surface area contributed by atoms with E-state index in [2.05, 4.69) is 22.6 Å². The second-order valence-electron chi connectivity index (χ2n) is 5.14. The average molecular weight is 446 g/mol. The van der Waals surface area contributed by atoms with E-state index in [1.54, 1.807) is 24.3 Å². The van der Waals surface area contributed by atoms with Gasteiger partial charge in [0.05, 0.1) is 11.5 Å². The van der Waals surface area contributed by atoms with Gasteiger partial charge in [-0.1, -0.05) is 17.7 Å². The Morgan fingerprint density at radius 1 is 1.13 bits per heavy atom. The molecule has 0 spiro atoms. The van der Waals surface area contributed by atoms with Crippen LogP contribution < -0.4 is 9.47 Å². The first-order valence-electron chi connectivity index (χ1n) is 7.00. The maximum Gasteiger partial charge on any atom is 0.296 e. The van der Waals surface area contributed by atoms with Gasteiger partial charge in [0, 0.05) is 3.57 Å². The first-order chi connectivity index (χ1) is 11.0. The fraction of sp³-hybridized carbons (Fsp3) is 0.250. The third kappa shape index (κ3) is 3.78. The number of ether oxygens (including phenoxy) is 2. The Balaban J connectivity index is 1.66. The van der Waals surface area contributed by atoms with Gasteiger partial charge in [-0.25, -0.2) is 0 Å². The lowest BCUT2D eigenvalue weighted by Crippen LogP contribution is -2.09. The molecule has 0 radical (unpaired) electrons. The van der Waals surface area contributed by atoms with Crippen LogP contribution in [0.1, 0.15) is 11.1 Å². The van der Waals surface area contributed by atoms with Gasteiger partial charge >= 0.3 is 0 Å². The molecule has 1 aliphatic rings. The normalized spacial score (nSPS) is 13.3. The molecule has 0 N–H and O–H groups in total. The van der Waals surface area contributed by atoms with Crippen LogP contribution in [0.4, 0.5) is 0 Å². The van der Waals surface area contributed by atoms with Crippen molar-refractivity contribution in [3.63, 3.8) is 0 Å². The van der Waals surface area contributed by atoms with E-state index >= 15 is 0 Å². The topological polar surface area (TPSA) is 61.8 Å². The zero-order valence-corrected chi connectivity index (χ0v) is 15.4. The Kier molecular flexibility index (Phi) is 4.79. The van der Waals surface area contributed by atoms with Crippen molar-refractivity contribution in [2.45, 2.75) is 18.2 Å². The van der Waals surface area contributed by atoms with Crippen molar-refractivity contribution >= 4 is 32.7 Å². The Morgan fingerprint density at radius 2 is 1.78 bits per heavy atom. The summed E-state index contributed by atoms with van der Waals surface area (Å²) in [5.74, 6) is 1.40. The smallest absolute Gasteiger partial charge is 0.296 e. The van der Waals surface area contributed by atoms with E-state index < -0.39 is 10.1 Å². The second-order valence-corrected chi connectivity index (χ2v) is 7.91. The summed E-state index contributed by atoms with van der Waals surface area (Å²) in [5.41, 5.74) is 1.97. The van der Waals surface area contributed by atoms with Crippen LogP contribution in [0.3, 0.4) is 0 Å². The van der Waals surface area contributed by atoms with Crippen molar-refractivity contribution in [2.24, 2.45) is 0 Å². The van der Waals surface area contributed by atoms with Gasteiger partial charge in [0.15, 0.2) is 11.5 Å². The minimum Gasteiger partial charge on any atom is -0.454 e. The van der Waals surface area contributed by atoms with Crippen LogP contribution >= 0.6 is 22.6 Å². The van der Waals surface area contributed by atoms with Crippen molar-refractivity contribution < 1.29 is 22.1 Å². The molecule has 1 aliphatic heterocycles. The van der Waals surface area contributed by atoms with Crippen molar-refractivity contribution in [1.29, 1.82) is 0 Å². The van der Waals surface area contributed by atoms with Gasteiger partial charge in [-0.2, -0.15) is 8.42 Å². The maximum atomic E-state index is 12.1. The van der Waals surface area contributed by atoms with E-state index in [1.807, 2.05) is 19.1 Å². The molecular formula is C16H15IO5S. The zero-order chi connectivity index (χ0) is 16.4. The van der Waals surface area contributed by atoms with Crippen molar-refractivity contribution in [2.75, 3.05) is 13.4 Å². The van der Waals surface area contributed by atoms with Gasteiger partial charge in [0.2, 0.25) is 6.79 Å². The highest BCUT2D eigenvalue weighted by atomic mass is 127. The molecule has 2 aromatic carbocycles. The lowest BCUT2D eigenvalue weighted by Gasteiger charge is -2.08. The Hall–Kier alpha value is -1.32. The fourth-order valence-corrected chi connectivity index (χ4v) is 3.80. The number of halogens is 1. The molecule has 0 fully saturated rings. The highest BCUT2D eigenvalue weighted by Crippen LogP contribution is 2.35. The number of hydrogen-bond acceptors (Lipinski definition) is 5. The third-order valence-corrected chi connectivity index (χ3v) is 5.79. The standard InChI is InChI=1S/C16H15IO5S/c1-11-2-4-13(5-3-11)23(18,19)22-7-6-12-8-15-16(9-14(12)17)21-10-20-15/h2-5,8-9H,6-7,10H2,1H3. The Morgan fingerprint density at radius 3 is 2.48 bits per heavy atom. The second kappa shape index (κ2) is 6.66. The van der Waals surface area contributed by atoms with Crippen molar-refractivity contribution in [1.82, 2.24) is 0 Å². The molecule has 23 heavy (non-hydrogen) atoms. The van der Waals surface area contributed by atoms with Crippen LogP contribution in [-0.2, 0) is 20.7 Å². The molecule has 0 amide bonds. The lowest BCUT2D eigenvalue weighted by atomic mass is 10.1. The zero-order valence-electron chi connectivity index (χ0n) is 12.4. The summed E-state index contributed by atoms with van der Waals surface area (Å²) in [7, 11) is -3.73. The fourth-order valence-electron chi connectivity index (χ4n) is 2.19. The van der Waals surface area contributed by atoms with Gasteiger partial charge in [-0.3, -0.25) is 4.18 Å².